The number of amides is 1. The van der Waals surface area contributed by atoms with Crippen molar-refractivity contribution in [1.29, 1.82) is 0 Å². The molecule has 112 valence electrons. The quantitative estimate of drug-likeness (QED) is 0.767. The highest BCUT2D eigenvalue weighted by atomic mass is 35.5. The summed E-state index contributed by atoms with van der Waals surface area (Å²) in [6.07, 6.45) is 1.51. The fourth-order valence-corrected chi connectivity index (χ4v) is 3.00. The largest absolute Gasteiger partial charge is 0.320 e. The number of halogens is 2. The number of anilines is 1. The van der Waals surface area contributed by atoms with Crippen LogP contribution in [0.4, 0.5) is 5.69 Å². The Morgan fingerprint density at radius 2 is 2.14 bits per heavy atom. The Hall–Kier alpha value is -1.96. The summed E-state index contributed by atoms with van der Waals surface area (Å²) in [5, 5.41) is 7.54. The molecule has 2 aromatic heterocycles. The lowest BCUT2D eigenvalue weighted by atomic mass is 10.3. The van der Waals surface area contributed by atoms with Crippen LogP contribution in [0, 0.1) is 6.92 Å². The van der Waals surface area contributed by atoms with E-state index in [9.17, 15) is 9.59 Å². The summed E-state index contributed by atoms with van der Waals surface area (Å²) in [4.78, 5) is 28.3. The molecule has 1 amide bonds. The molecule has 0 radical (unpaired) electrons. The zero-order valence-electron chi connectivity index (χ0n) is 11.1. The molecule has 0 aliphatic carbocycles. The molecule has 2 heterocycles. The maximum absolute atomic E-state index is 12.3. The van der Waals surface area contributed by atoms with E-state index in [2.05, 4.69) is 15.4 Å². The van der Waals surface area contributed by atoms with Crippen molar-refractivity contribution in [3.63, 3.8) is 0 Å². The van der Waals surface area contributed by atoms with Crippen molar-refractivity contribution in [1.82, 2.24) is 14.6 Å². The first kappa shape index (κ1) is 15.0. The van der Waals surface area contributed by atoms with E-state index in [4.69, 9.17) is 23.2 Å². The lowest BCUT2D eigenvalue weighted by Crippen LogP contribution is -2.14. The fraction of sp³-hybridized carbons (Fsp3) is 0.0769. The highest BCUT2D eigenvalue weighted by Gasteiger charge is 2.14. The van der Waals surface area contributed by atoms with E-state index < -0.39 is 5.56 Å². The second kappa shape index (κ2) is 5.68. The van der Waals surface area contributed by atoms with Crippen molar-refractivity contribution in [3.8, 4) is 0 Å². The monoisotopic (exact) mass is 354 g/mol. The number of aryl methyl sites for hydroxylation is 1. The molecule has 9 heteroatoms. The Balaban J connectivity index is 1.93. The minimum atomic E-state index is -0.408. The normalized spacial score (nSPS) is 10.9. The van der Waals surface area contributed by atoms with Crippen molar-refractivity contribution in [2.24, 2.45) is 0 Å². The molecule has 0 atom stereocenters. The molecule has 0 aliphatic heterocycles. The average Bonchev–Trinajstić information content (AvgIpc) is 2.85. The van der Waals surface area contributed by atoms with Crippen LogP contribution in [0.3, 0.4) is 0 Å². The Labute approximate surface area is 138 Å². The highest BCUT2D eigenvalue weighted by Crippen LogP contribution is 2.26. The molecular formula is C13H8Cl2N4O2S. The van der Waals surface area contributed by atoms with Crippen LogP contribution < -0.4 is 10.9 Å². The van der Waals surface area contributed by atoms with Gasteiger partial charge in [0.15, 0.2) is 0 Å². The first-order valence-corrected chi connectivity index (χ1v) is 7.65. The minimum Gasteiger partial charge on any atom is -0.320 e. The van der Waals surface area contributed by atoms with Gasteiger partial charge >= 0.3 is 0 Å². The number of hydrogen-bond donors (Lipinski definition) is 1. The molecule has 0 fully saturated rings. The van der Waals surface area contributed by atoms with Crippen LogP contribution >= 0.6 is 34.5 Å². The molecule has 3 aromatic rings. The number of carbonyl (C=O) groups excluding carboxylic acids is 1. The third-order valence-electron chi connectivity index (χ3n) is 2.80. The molecule has 1 N–H and O–H groups in total. The predicted molar refractivity (Wildman–Crippen MR) is 86.3 cm³/mol. The zero-order valence-corrected chi connectivity index (χ0v) is 13.5. The van der Waals surface area contributed by atoms with E-state index in [1.54, 1.807) is 19.1 Å². The maximum Gasteiger partial charge on any atom is 0.295 e. The summed E-state index contributed by atoms with van der Waals surface area (Å²) >= 11 is 12.9. The van der Waals surface area contributed by atoms with Gasteiger partial charge in [0.05, 0.1) is 16.9 Å². The molecular weight excluding hydrogens is 347 g/mol. The highest BCUT2D eigenvalue weighted by molar-refractivity contribution is 7.18. The van der Waals surface area contributed by atoms with E-state index in [-0.39, 0.29) is 11.6 Å². The number of nitrogens with zero attached hydrogens (tertiary/aromatic N) is 3. The van der Waals surface area contributed by atoms with Gasteiger partial charge in [0, 0.05) is 5.02 Å². The summed E-state index contributed by atoms with van der Waals surface area (Å²) in [6.45, 7) is 1.56. The van der Waals surface area contributed by atoms with Gasteiger partial charge in [-0.05, 0) is 25.1 Å². The summed E-state index contributed by atoms with van der Waals surface area (Å²) in [7, 11) is 0. The third kappa shape index (κ3) is 2.83. The Morgan fingerprint density at radius 3 is 2.86 bits per heavy atom. The topological polar surface area (TPSA) is 76.4 Å². The number of hydrogen-bond acceptors (Lipinski definition) is 5. The number of rotatable bonds is 2. The van der Waals surface area contributed by atoms with Crippen LogP contribution in [-0.2, 0) is 0 Å². The smallest absolute Gasteiger partial charge is 0.295 e. The number of carbonyl (C=O) groups is 1. The van der Waals surface area contributed by atoms with Gasteiger partial charge in [-0.25, -0.2) is 4.52 Å². The van der Waals surface area contributed by atoms with Crippen molar-refractivity contribution in [2.45, 2.75) is 6.92 Å². The van der Waals surface area contributed by atoms with E-state index >= 15 is 0 Å². The third-order valence-corrected chi connectivity index (χ3v) is 4.32. The lowest BCUT2D eigenvalue weighted by molar-refractivity contribution is 0.103. The van der Waals surface area contributed by atoms with Gasteiger partial charge < -0.3 is 5.32 Å². The molecule has 6 nitrogen and oxygen atoms in total. The Kier molecular flexibility index (Phi) is 3.86. The number of thiazole rings is 1. The van der Waals surface area contributed by atoms with Crippen LogP contribution in [0.1, 0.15) is 15.4 Å². The maximum atomic E-state index is 12.3. The van der Waals surface area contributed by atoms with E-state index in [1.165, 1.54) is 16.8 Å². The summed E-state index contributed by atoms with van der Waals surface area (Å²) in [6, 6.07) is 4.77. The van der Waals surface area contributed by atoms with Gasteiger partial charge in [0.1, 0.15) is 10.6 Å². The van der Waals surface area contributed by atoms with Gasteiger partial charge in [-0.15, -0.1) is 0 Å². The van der Waals surface area contributed by atoms with Crippen LogP contribution in [0.5, 0.6) is 0 Å². The van der Waals surface area contributed by atoms with Crippen LogP contribution in [0.15, 0.2) is 29.2 Å². The van der Waals surface area contributed by atoms with E-state index in [0.717, 1.165) is 11.3 Å². The molecule has 22 heavy (non-hydrogen) atoms. The first-order valence-electron chi connectivity index (χ1n) is 6.07. The minimum absolute atomic E-state index is 0.267. The van der Waals surface area contributed by atoms with Gasteiger partial charge in [-0.2, -0.15) is 10.1 Å². The first-order chi connectivity index (χ1) is 10.4. The summed E-state index contributed by atoms with van der Waals surface area (Å²) in [5.74, 6) is -0.369. The lowest BCUT2D eigenvalue weighted by Gasteiger charge is -2.05. The molecule has 0 spiro atoms. The fourth-order valence-electron chi connectivity index (χ4n) is 1.74. The molecule has 0 bridgehead atoms. The molecule has 0 aliphatic rings. The molecule has 0 unspecified atom stereocenters. The van der Waals surface area contributed by atoms with Gasteiger partial charge in [-0.1, -0.05) is 34.5 Å². The standard InChI is InChI=1S/C13H8Cl2N4O2S/c1-6-11(20)17-13-19(18-6)5-10(22-13)12(21)16-9-3-2-7(14)4-8(9)15/h2-5H,1H3,(H,16,21). The van der Waals surface area contributed by atoms with Gasteiger partial charge in [0.2, 0.25) is 4.96 Å². The van der Waals surface area contributed by atoms with Crippen molar-refractivity contribution in [3.05, 3.63) is 55.4 Å². The van der Waals surface area contributed by atoms with Crippen molar-refractivity contribution >= 4 is 51.1 Å². The Bertz CT molecular complexity index is 951. The second-order valence-electron chi connectivity index (χ2n) is 4.40. The molecule has 3 rings (SSSR count). The van der Waals surface area contributed by atoms with E-state index in [1.807, 2.05) is 0 Å². The van der Waals surface area contributed by atoms with Crippen LogP contribution in [0.25, 0.3) is 4.96 Å². The SMILES string of the molecule is Cc1nn2cc(C(=O)Nc3ccc(Cl)cc3Cl)sc2nc1=O. The van der Waals surface area contributed by atoms with Crippen LogP contribution in [0.2, 0.25) is 10.0 Å². The van der Waals surface area contributed by atoms with E-state index in [0.29, 0.717) is 25.6 Å². The molecule has 0 saturated heterocycles. The zero-order chi connectivity index (χ0) is 15.9. The molecule has 0 saturated carbocycles. The second-order valence-corrected chi connectivity index (χ2v) is 6.26. The van der Waals surface area contributed by atoms with Gasteiger partial charge in [-0.3, -0.25) is 9.59 Å². The summed E-state index contributed by atoms with van der Waals surface area (Å²) < 4.78 is 1.40. The average molecular weight is 355 g/mol. The van der Waals surface area contributed by atoms with Crippen molar-refractivity contribution < 1.29 is 4.79 Å². The number of fused-ring (bicyclic) bond motifs is 1. The Morgan fingerprint density at radius 1 is 1.36 bits per heavy atom. The molecule has 1 aromatic carbocycles. The summed E-state index contributed by atoms with van der Waals surface area (Å²) in [5.41, 5.74) is 0.303. The number of nitrogens with one attached hydrogen (secondary N) is 1. The number of aromatic nitrogens is 3. The predicted octanol–water partition coefficient (Wildman–Crippen LogP) is 3.02. The number of benzene rings is 1. The van der Waals surface area contributed by atoms with Crippen LogP contribution in [-0.4, -0.2) is 20.5 Å². The van der Waals surface area contributed by atoms with Gasteiger partial charge in [0.25, 0.3) is 11.5 Å². The van der Waals surface area contributed by atoms with Crippen molar-refractivity contribution in [2.75, 3.05) is 5.32 Å².